The Morgan fingerprint density at radius 2 is 2.06 bits per heavy atom. The third-order valence-corrected chi connectivity index (χ3v) is 2.44. The predicted octanol–water partition coefficient (Wildman–Crippen LogP) is 3.62. The summed E-state index contributed by atoms with van der Waals surface area (Å²) < 4.78 is 0. The van der Waals surface area contributed by atoms with Crippen molar-refractivity contribution in [2.45, 2.75) is 27.2 Å². The Balaban J connectivity index is 2.83. The molecular formula is C12H15ClN2O3. The van der Waals surface area contributed by atoms with E-state index in [0.717, 1.165) is 0 Å². The number of carbonyl (C=O) groups is 1. The van der Waals surface area contributed by atoms with Gasteiger partial charge in [0.25, 0.3) is 5.69 Å². The maximum absolute atomic E-state index is 11.7. The molecule has 0 heterocycles. The number of rotatable bonds is 3. The highest BCUT2D eigenvalue weighted by molar-refractivity contribution is 6.32. The second-order valence-electron chi connectivity index (χ2n) is 5.21. The van der Waals surface area contributed by atoms with Gasteiger partial charge in [-0.15, -0.1) is 0 Å². The summed E-state index contributed by atoms with van der Waals surface area (Å²) in [6, 6.07) is 4.19. The van der Waals surface area contributed by atoms with Gasteiger partial charge in [-0.2, -0.15) is 0 Å². The van der Waals surface area contributed by atoms with Crippen LogP contribution in [0.2, 0.25) is 5.02 Å². The molecule has 0 fully saturated rings. The van der Waals surface area contributed by atoms with E-state index in [-0.39, 0.29) is 22.0 Å². The topological polar surface area (TPSA) is 72.2 Å². The SMILES string of the molecule is CC(C)(C)CC(=O)Nc1ccc(Cl)c([N+](=O)[O-])c1. The van der Waals surface area contributed by atoms with Crippen molar-refractivity contribution in [3.63, 3.8) is 0 Å². The Morgan fingerprint density at radius 3 is 2.56 bits per heavy atom. The van der Waals surface area contributed by atoms with Crippen molar-refractivity contribution >= 4 is 28.9 Å². The van der Waals surface area contributed by atoms with E-state index in [1.807, 2.05) is 20.8 Å². The monoisotopic (exact) mass is 270 g/mol. The molecule has 0 atom stereocenters. The summed E-state index contributed by atoms with van der Waals surface area (Å²) in [5.41, 5.74) is 0.0215. The van der Waals surface area contributed by atoms with Gasteiger partial charge in [0.1, 0.15) is 5.02 Å². The Kier molecular flexibility index (Phi) is 4.29. The van der Waals surface area contributed by atoms with E-state index in [1.54, 1.807) is 0 Å². The Bertz CT molecular complexity index is 481. The van der Waals surface area contributed by atoms with Crippen LogP contribution in [0.4, 0.5) is 11.4 Å². The van der Waals surface area contributed by atoms with Gasteiger partial charge < -0.3 is 5.32 Å². The highest BCUT2D eigenvalue weighted by Gasteiger charge is 2.18. The van der Waals surface area contributed by atoms with E-state index in [0.29, 0.717) is 12.1 Å². The molecule has 98 valence electrons. The number of halogens is 1. The zero-order chi connectivity index (χ0) is 13.9. The minimum atomic E-state index is -0.582. The van der Waals surface area contributed by atoms with E-state index in [9.17, 15) is 14.9 Å². The average molecular weight is 271 g/mol. The van der Waals surface area contributed by atoms with Gasteiger partial charge in [0.15, 0.2) is 0 Å². The van der Waals surface area contributed by atoms with Crippen LogP contribution in [0.15, 0.2) is 18.2 Å². The average Bonchev–Trinajstić information content (AvgIpc) is 2.17. The lowest BCUT2D eigenvalue weighted by atomic mass is 9.92. The molecule has 1 rings (SSSR count). The molecule has 1 aromatic rings. The third-order valence-electron chi connectivity index (χ3n) is 2.12. The van der Waals surface area contributed by atoms with E-state index in [1.165, 1.54) is 18.2 Å². The summed E-state index contributed by atoms with van der Waals surface area (Å²) in [6.45, 7) is 5.82. The minimum absolute atomic E-state index is 0.0498. The maximum Gasteiger partial charge on any atom is 0.289 e. The first-order chi connectivity index (χ1) is 8.19. The highest BCUT2D eigenvalue weighted by Crippen LogP contribution is 2.28. The van der Waals surface area contributed by atoms with Crippen LogP contribution in [0.5, 0.6) is 0 Å². The van der Waals surface area contributed by atoms with E-state index in [2.05, 4.69) is 5.32 Å². The first-order valence-electron chi connectivity index (χ1n) is 5.43. The summed E-state index contributed by atoms with van der Waals surface area (Å²) >= 11 is 5.68. The molecule has 0 bridgehead atoms. The number of nitrogens with zero attached hydrogens (tertiary/aromatic N) is 1. The molecule has 0 radical (unpaired) electrons. The van der Waals surface area contributed by atoms with Gasteiger partial charge in [0, 0.05) is 18.2 Å². The van der Waals surface area contributed by atoms with Gasteiger partial charge in [0.05, 0.1) is 4.92 Å². The second-order valence-corrected chi connectivity index (χ2v) is 5.62. The Morgan fingerprint density at radius 1 is 1.44 bits per heavy atom. The van der Waals surface area contributed by atoms with Crippen LogP contribution in [0.1, 0.15) is 27.2 Å². The molecule has 6 heteroatoms. The molecule has 5 nitrogen and oxygen atoms in total. The van der Waals surface area contributed by atoms with Crippen LogP contribution >= 0.6 is 11.6 Å². The molecule has 0 saturated carbocycles. The molecule has 0 aliphatic carbocycles. The number of carbonyl (C=O) groups excluding carboxylic acids is 1. The number of hydrogen-bond acceptors (Lipinski definition) is 3. The van der Waals surface area contributed by atoms with Gasteiger partial charge in [0.2, 0.25) is 5.91 Å². The van der Waals surface area contributed by atoms with Crippen molar-refractivity contribution in [2.24, 2.45) is 5.41 Å². The summed E-state index contributed by atoms with van der Waals surface area (Å²) in [4.78, 5) is 21.8. The predicted molar refractivity (Wildman–Crippen MR) is 70.8 cm³/mol. The van der Waals surface area contributed by atoms with Gasteiger partial charge >= 0.3 is 0 Å². The van der Waals surface area contributed by atoms with Crippen molar-refractivity contribution in [1.82, 2.24) is 0 Å². The van der Waals surface area contributed by atoms with Gasteiger partial charge in [-0.25, -0.2) is 0 Å². The van der Waals surface area contributed by atoms with Gasteiger partial charge in [-0.3, -0.25) is 14.9 Å². The fourth-order valence-electron chi connectivity index (χ4n) is 1.42. The second kappa shape index (κ2) is 5.35. The molecule has 18 heavy (non-hydrogen) atoms. The van der Waals surface area contributed by atoms with E-state index >= 15 is 0 Å². The summed E-state index contributed by atoms with van der Waals surface area (Å²) in [5.74, 6) is -0.181. The molecular weight excluding hydrogens is 256 g/mol. The number of amides is 1. The number of benzene rings is 1. The van der Waals surface area contributed by atoms with Crippen molar-refractivity contribution in [1.29, 1.82) is 0 Å². The lowest BCUT2D eigenvalue weighted by molar-refractivity contribution is -0.384. The molecule has 1 N–H and O–H groups in total. The first-order valence-corrected chi connectivity index (χ1v) is 5.80. The maximum atomic E-state index is 11.7. The van der Waals surface area contributed by atoms with Gasteiger partial charge in [-0.05, 0) is 17.5 Å². The Hall–Kier alpha value is -1.62. The van der Waals surface area contributed by atoms with Crippen molar-refractivity contribution in [3.8, 4) is 0 Å². The smallest absolute Gasteiger partial charge is 0.289 e. The molecule has 0 aromatic heterocycles. The zero-order valence-corrected chi connectivity index (χ0v) is 11.2. The number of hydrogen-bond donors (Lipinski definition) is 1. The molecule has 0 unspecified atom stereocenters. The van der Waals surface area contributed by atoms with Crippen LogP contribution in [0.25, 0.3) is 0 Å². The number of nitro groups is 1. The lowest BCUT2D eigenvalue weighted by Gasteiger charge is -2.17. The van der Waals surface area contributed by atoms with E-state index < -0.39 is 4.92 Å². The fraction of sp³-hybridized carbons (Fsp3) is 0.417. The standard InChI is InChI=1S/C12H15ClN2O3/c1-12(2,3)7-11(16)14-8-4-5-9(13)10(6-8)15(17)18/h4-6H,7H2,1-3H3,(H,14,16). The molecule has 0 spiro atoms. The molecule has 1 aromatic carbocycles. The third kappa shape index (κ3) is 4.33. The van der Waals surface area contributed by atoms with Crippen LogP contribution in [-0.4, -0.2) is 10.8 Å². The molecule has 0 aliphatic rings. The number of nitrogens with one attached hydrogen (secondary N) is 1. The Labute approximate surface area is 110 Å². The summed E-state index contributed by atoms with van der Waals surface area (Å²) in [5, 5.41) is 13.4. The van der Waals surface area contributed by atoms with Crippen LogP contribution < -0.4 is 5.32 Å². The van der Waals surface area contributed by atoms with Crippen molar-refractivity contribution in [3.05, 3.63) is 33.3 Å². The fourth-order valence-corrected chi connectivity index (χ4v) is 1.60. The molecule has 0 aliphatic heterocycles. The largest absolute Gasteiger partial charge is 0.326 e. The number of anilines is 1. The number of nitro benzene ring substituents is 1. The zero-order valence-electron chi connectivity index (χ0n) is 10.5. The van der Waals surface area contributed by atoms with Crippen LogP contribution in [0.3, 0.4) is 0 Å². The van der Waals surface area contributed by atoms with Gasteiger partial charge in [-0.1, -0.05) is 32.4 Å². The van der Waals surface area contributed by atoms with Crippen LogP contribution in [-0.2, 0) is 4.79 Å². The molecule has 0 saturated heterocycles. The highest BCUT2D eigenvalue weighted by atomic mass is 35.5. The summed E-state index contributed by atoms with van der Waals surface area (Å²) in [6.07, 6.45) is 0.337. The normalized spacial score (nSPS) is 11.1. The quantitative estimate of drug-likeness (QED) is 0.673. The van der Waals surface area contributed by atoms with E-state index in [4.69, 9.17) is 11.6 Å². The lowest BCUT2D eigenvalue weighted by Crippen LogP contribution is -2.19. The summed E-state index contributed by atoms with van der Waals surface area (Å²) in [7, 11) is 0. The first kappa shape index (κ1) is 14.4. The van der Waals surface area contributed by atoms with Crippen molar-refractivity contribution in [2.75, 3.05) is 5.32 Å². The van der Waals surface area contributed by atoms with Crippen LogP contribution in [0, 0.1) is 15.5 Å². The minimum Gasteiger partial charge on any atom is -0.326 e. The van der Waals surface area contributed by atoms with Crippen molar-refractivity contribution < 1.29 is 9.72 Å². The molecule has 1 amide bonds.